The molecular weight excluding hydrogens is 268 g/mol. The zero-order valence-electron chi connectivity index (χ0n) is 13.1. The van der Waals surface area contributed by atoms with Gasteiger partial charge in [0.25, 0.3) is 0 Å². The van der Waals surface area contributed by atoms with Gasteiger partial charge in [0.05, 0.1) is 11.7 Å². The van der Waals surface area contributed by atoms with E-state index in [9.17, 15) is 0 Å². The molecule has 0 N–H and O–H groups in total. The summed E-state index contributed by atoms with van der Waals surface area (Å²) in [6.07, 6.45) is 7.01. The van der Waals surface area contributed by atoms with Crippen molar-refractivity contribution in [3.8, 4) is 0 Å². The van der Waals surface area contributed by atoms with Crippen LogP contribution in [0.15, 0.2) is 60.7 Å². The largest absolute Gasteiger partial charge is 0.367 e. The molecule has 1 fully saturated rings. The fourth-order valence-electron chi connectivity index (χ4n) is 3.84. The lowest BCUT2D eigenvalue weighted by Gasteiger charge is -2.34. The molecule has 0 spiro atoms. The van der Waals surface area contributed by atoms with Gasteiger partial charge in [0.2, 0.25) is 0 Å². The maximum atomic E-state index is 6.39. The Balaban J connectivity index is 1.60. The molecule has 0 radical (unpaired) electrons. The number of fused-ring (bicyclic) bond motifs is 2. The summed E-state index contributed by atoms with van der Waals surface area (Å²) in [5.74, 6) is 0. The Morgan fingerprint density at radius 3 is 2.59 bits per heavy atom. The van der Waals surface area contributed by atoms with Crippen molar-refractivity contribution in [2.45, 2.75) is 44.3 Å². The van der Waals surface area contributed by atoms with E-state index in [1.807, 2.05) is 0 Å². The fourth-order valence-corrected chi connectivity index (χ4v) is 3.84. The SMILES string of the molecule is Cc1ccc(C[C@@]23CC[C@@H](C=C(c4ccccc4)C2)O3)cc1. The topological polar surface area (TPSA) is 9.23 Å². The predicted molar refractivity (Wildman–Crippen MR) is 90.8 cm³/mol. The van der Waals surface area contributed by atoms with E-state index in [0.29, 0.717) is 6.10 Å². The van der Waals surface area contributed by atoms with E-state index < -0.39 is 0 Å². The molecule has 1 nitrogen and oxygen atoms in total. The molecule has 0 aliphatic carbocycles. The van der Waals surface area contributed by atoms with Gasteiger partial charge in [-0.1, -0.05) is 66.2 Å². The molecule has 2 aromatic carbocycles. The van der Waals surface area contributed by atoms with Gasteiger partial charge in [-0.2, -0.15) is 0 Å². The molecule has 0 saturated carbocycles. The molecule has 0 amide bonds. The maximum Gasteiger partial charge on any atom is 0.0772 e. The summed E-state index contributed by atoms with van der Waals surface area (Å²) in [5.41, 5.74) is 5.52. The van der Waals surface area contributed by atoms with E-state index in [1.165, 1.54) is 28.7 Å². The van der Waals surface area contributed by atoms with Crippen molar-refractivity contribution in [1.29, 1.82) is 0 Å². The van der Waals surface area contributed by atoms with Crippen LogP contribution in [0.1, 0.15) is 36.0 Å². The summed E-state index contributed by atoms with van der Waals surface area (Å²) in [6.45, 7) is 2.14. The van der Waals surface area contributed by atoms with Crippen molar-refractivity contribution >= 4 is 5.57 Å². The first kappa shape index (κ1) is 13.8. The monoisotopic (exact) mass is 290 g/mol. The summed E-state index contributed by atoms with van der Waals surface area (Å²) in [5, 5.41) is 0. The van der Waals surface area contributed by atoms with Crippen molar-refractivity contribution in [3.05, 3.63) is 77.4 Å². The van der Waals surface area contributed by atoms with Crippen molar-refractivity contribution in [3.63, 3.8) is 0 Å². The first-order chi connectivity index (χ1) is 10.7. The molecule has 1 heteroatoms. The summed E-state index contributed by atoms with van der Waals surface area (Å²) >= 11 is 0. The van der Waals surface area contributed by atoms with Crippen LogP contribution in [-0.4, -0.2) is 11.7 Å². The van der Waals surface area contributed by atoms with E-state index in [2.05, 4.69) is 67.6 Å². The highest BCUT2D eigenvalue weighted by Crippen LogP contribution is 2.45. The Kier molecular flexibility index (Phi) is 3.38. The molecule has 22 heavy (non-hydrogen) atoms. The van der Waals surface area contributed by atoms with Gasteiger partial charge in [-0.25, -0.2) is 0 Å². The third-order valence-electron chi connectivity index (χ3n) is 4.98. The Labute approximate surface area is 132 Å². The van der Waals surface area contributed by atoms with E-state index in [0.717, 1.165) is 19.3 Å². The minimum atomic E-state index is -0.000149. The number of hydrogen-bond donors (Lipinski definition) is 0. The van der Waals surface area contributed by atoms with Crippen LogP contribution in [0, 0.1) is 6.92 Å². The van der Waals surface area contributed by atoms with Crippen molar-refractivity contribution in [2.75, 3.05) is 0 Å². The van der Waals surface area contributed by atoms with Crippen molar-refractivity contribution in [2.24, 2.45) is 0 Å². The van der Waals surface area contributed by atoms with Gasteiger partial charge in [-0.3, -0.25) is 0 Å². The quantitative estimate of drug-likeness (QED) is 0.777. The van der Waals surface area contributed by atoms with Gasteiger partial charge >= 0.3 is 0 Å². The molecule has 2 atom stereocenters. The number of ether oxygens (including phenoxy) is 1. The molecule has 2 aliphatic rings. The van der Waals surface area contributed by atoms with Gasteiger partial charge in [0, 0.05) is 12.8 Å². The number of hydrogen-bond acceptors (Lipinski definition) is 1. The normalized spacial score (nSPS) is 26.8. The highest BCUT2D eigenvalue weighted by atomic mass is 16.5. The number of rotatable bonds is 3. The van der Waals surface area contributed by atoms with Crippen LogP contribution in [0.3, 0.4) is 0 Å². The third-order valence-corrected chi connectivity index (χ3v) is 4.98. The molecular formula is C21H22O. The molecule has 1 saturated heterocycles. The Bertz CT molecular complexity index is 684. The standard InChI is InChI=1S/C21H22O/c1-16-7-9-17(10-8-16)14-21-12-11-20(22-21)13-19(15-21)18-5-3-2-4-6-18/h2-10,13,20H,11-12,14-15H2,1H3/t20-,21-/m0/s1. The van der Waals surface area contributed by atoms with Gasteiger partial charge in [-0.15, -0.1) is 0 Å². The average molecular weight is 290 g/mol. The van der Waals surface area contributed by atoms with Crippen molar-refractivity contribution < 1.29 is 4.74 Å². The first-order valence-electron chi connectivity index (χ1n) is 8.22. The lowest BCUT2D eigenvalue weighted by Crippen LogP contribution is -2.34. The molecule has 2 aromatic rings. The van der Waals surface area contributed by atoms with Crippen LogP contribution < -0.4 is 0 Å². The lowest BCUT2D eigenvalue weighted by molar-refractivity contribution is -0.0260. The lowest BCUT2D eigenvalue weighted by atomic mass is 9.84. The summed E-state index contributed by atoms with van der Waals surface area (Å²) in [7, 11) is 0. The molecule has 2 heterocycles. The minimum Gasteiger partial charge on any atom is -0.367 e. The molecule has 112 valence electrons. The zero-order valence-corrected chi connectivity index (χ0v) is 13.1. The second-order valence-electron chi connectivity index (χ2n) is 6.78. The van der Waals surface area contributed by atoms with Crippen LogP contribution in [0.2, 0.25) is 0 Å². The highest BCUT2D eigenvalue weighted by molar-refractivity contribution is 5.68. The second-order valence-corrected chi connectivity index (χ2v) is 6.78. The Hall–Kier alpha value is -1.86. The highest BCUT2D eigenvalue weighted by Gasteiger charge is 2.43. The summed E-state index contributed by atoms with van der Waals surface area (Å²) in [6, 6.07) is 19.7. The average Bonchev–Trinajstić information content (AvgIpc) is 2.85. The van der Waals surface area contributed by atoms with E-state index in [1.54, 1.807) is 0 Å². The second kappa shape index (κ2) is 5.40. The van der Waals surface area contributed by atoms with Gasteiger partial charge in [0.1, 0.15) is 0 Å². The van der Waals surface area contributed by atoms with Crippen LogP contribution >= 0.6 is 0 Å². The minimum absolute atomic E-state index is 0.000149. The number of benzene rings is 2. The predicted octanol–water partition coefficient (Wildman–Crippen LogP) is 4.94. The Morgan fingerprint density at radius 1 is 1.05 bits per heavy atom. The fraction of sp³-hybridized carbons (Fsp3) is 0.333. The summed E-state index contributed by atoms with van der Waals surface area (Å²) in [4.78, 5) is 0. The van der Waals surface area contributed by atoms with Crippen LogP contribution in [-0.2, 0) is 11.2 Å². The molecule has 2 bridgehead atoms. The van der Waals surface area contributed by atoms with Crippen LogP contribution in [0.25, 0.3) is 5.57 Å². The van der Waals surface area contributed by atoms with Gasteiger partial charge < -0.3 is 4.74 Å². The maximum absolute atomic E-state index is 6.39. The van der Waals surface area contributed by atoms with Gasteiger partial charge in [-0.05, 0) is 36.5 Å². The molecule has 0 aromatic heterocycles. The van der Waals surface area contributed by atoms with Crippen molar-refractivity contribution in [1.82, 2.24) is 0 Å². The van der Waals surface area contributed by atoms with Crippen LogP contribution in [0.5, 0.6) is 0 Å². The zero-order chi connectivity index (χ0) is 15.0. The Morgan fingerprint density at radius 2 is 1.82 bits per heavy atom. The van der Waals surface area contributed by atoms with Crippen LogP contribution in [0.4, 0.5) is 0 Å². The van der Waals surface area contributed by atoms with E-state index >= 15 is 0 Å². The molecule has 2 aliphatic heterocycles. The van der Waals surface area contributed by atoms with E-state index in [-0.39, 0.29) is 5.60 Å². The number of aryl methyl sites for hydroxylation is 1. The smallest absolute Gasteiger partial charge is 0.0772 e. The van der Waals surface area contributed by atoms with Gasteiger partial charge in [0.15, 0.2) is 0 Å². The summed E-state index contributed by atoms with van der Waals surface area (Å²) < 4.78 is 6.39. The molecule has 0 unspecified atom stereocenters. The van der Waals surface area contributed by atoms with E-state index in [4.69, 9.17) is 4.74 Å². The first-order valence-corrected chi connectivity index (χ1v) is 8.22. The molecule has 4 rings (SSSR count). The third kappa shape index (κ3) is 2.62.